The van der Waals surface area contributed by atoms with Gasteiger partial charge in [0.2, 0.25) is 0 Å². The summed E-state index contributed by atoms with van der Waals surface area (Å²) in [6.45, 7) is 1.68. The van der Waals surface area contributed by atoms with Gasteiger partial charge in [0.15, 0.2) is 0 Å². The van der Waals surface area contributed by atoms with Crippen molar-refractivity contribution >= 4 is 17.7 Å². The molecule has 0 saturated heterocycles. The second kappa shape index (κ2) is 5.44. The average molecular weight is 264 g/mol. The Balaban J connectivity index is 2.96. The summed E-state index contributed by atoms with van der Waals surface area (Å²) in [5.74, 6) is -1.79. The summed E-state index contributed by atoms with van der Waals surface area (Å²) in [4.78, 5) is 10.9. The molecule has 0 radical (unpaired) electrons. The molecule has 0 fully saturated rings. The highest BCUT2D eigenvalue weighted by molar-refractivity contribution is 8.00. The Morgan fingerprint density at radius 1 is 1.47 bits per heavy atom. The van der Waals surface area contributed by atoms with E-state index in [1.54, 1.807) is 6.92 Å². The van der Waals surface area contributed by atoms with E-state index >= 15 is 0 Å². The van der Waals surface area contributed by atoms with Crippen LogP contribution in [0.1, 0.15) is 24.8 Å². The van der Waals surface area contributed by atoms with E-state index in [-0.39, 0.29) is 16.7 Å². The van der Waals surface area contributed by atoms with Crippen molar-refractivity contribution in [2.45, 2.75) is 29.7 Å². The van der Waals surface area contributed by atoms with Crippen LogP contribution in [-0.4, -0.2) is 16.6 Å². The van der Waals surface area contributed by atoms with E-state index in [0.717, 1.165) is 0 Å². The molecule has 0 aliphatic rings. The Morgan fingerprint density at radius 2 is 2.12 bits per heavy atom. The first-order valence-electron chi connectivity index (χ1n) is 4.92. The number of aliphatic carboxylic acids is 1. The van der Waals surface area contributed by atoms with Gasteiger partial charge in [-0.1, -0.05) is 19.1 Å². The zero-order valence-electron chi connectivity index (χ0n) is 8.99. The van der Waals surface area contributed by atoms with Crippen molar-refractivity contribution in [1.29, 1.82) is 0 Å². The molecule has 1 atom stereocenters. The highest BCUT2D eigenvalue weighted by Gasteiger charge is 2.29. The maximum absolute atomic E-state index is 12.2. The summed E-state index contributed by atoms with van der Waals surface area (Å²) in [5, 5.41) is 8.92. The summed E-state index contributed by atoms with van der Waals surface area (Å²) in [5.41, 5.74) is -3.96. The van der Waals surface area contributed by atoms with E-state index in [0.29, 0.717) is 12.0 Å². The summed E-state index contributed by atoms with van der Waals surface area (Å²) in [6.07, 6.45) is 0.343. The molecule has 0 heterocycles. The molecule has 17 heavy (non-hydrogen) atoms. The standard InChI is InChI=1S/C11H11F3O2S/c1-2-9(10(15)16)7-4-3-5-8(6-7)17-11(12,13)14/h3-6,9H,2H2,1H3,(H,15,16). The summed E-state index contributed by atoms with van der Waals surface area (Å²) in [6, 6.07) is 5.56. The fourth-order valence-corrected chi connectivity index (χ4v) is 2.09. The van der Waals surface area contributed by atoms with Crippen LogP contribution in [0.5, 0.6) is 0 Å². The summed E-state index contributed by atoms with van der Waals surface area (Å²) in [7, 11) is 0. The lowest BCUT2D eigenvalue weighted by atomic mass is 9.97. The Labute approximate surface area is 101 Å². The molecular weight excluding hydrogens is 253 g/mol. The fourth-order valence-electron chi connectivity index (χ4n) is 1.48. The Hall–Kier alpha value is -1.17. The minimum absolute atomic E-state index is 0.00898. The maximum Gasteiger partial charge on any atom is 0.446 e. The monoisotopic (exact) mass is 264 g/mol. The third kappa shape index (κ3) is 4.30. The number of rotatable bonds is 4. The lowest BCUT2D eigenvalue weighted by molar-refractivity contribution is -0.138. The van der Waals surface area contributed by atoms with Gasteiger partial charge in [-0.05, 0) is 35.9 Å². The van der Waals surface area contributed by atoms with Crippen molar-refractivity contribution in [3.8, 4) is 0 Å². The van der Waals surface area contributed by atoms with Gasteiger partial charge in [0.25, 0.3) is 0 Å². The average Bonchev–Trinajstić information content (AvgIpc) is 2.15. The fraction of sp³-hybridized carbons (Fsp3) is 0.364. The van der Waals surface area contributed by atoms with Crippen molar-refractivity contribution in [2.75, 3.05) is 0 Å². The number of hydrogen-bond acceptors (Lipinski definition) is 2. The topological polar surface area (TPSA) is 37.3 Å². The third-order valence-corrected chi connectivity index (χ3v) is 2.92. The molecule has 1 N–H and O–H groups in total. The number of hydrogen-bond donors (Lipinski definition) is 1. The van der Waals surface area contributed by atoms with Crippen molar-refractivity contribution in [1.82, 2.24) is 0 Å². The molecule has 0 saturated carbocycles. The smallest absolute Gasteiger partial charge is 0.446 e. The minimum atomic E-state index is -4.36. The lowest BCUT2D eigenvalue weighted by Gasteiger charge is -2.12. The molecular formula is C11H11F3O2S. The number of carboxylic acids is 1. The zero-order valence-corrected chi connectivity index (χ0v) is 9.81. The summed E-state index contributed by atoms with van der Waals surface area (Å²) < 4.78 is 36.5. The number of halogens is 3. The molecule has 6 heteroatoms. The third-order valence-electron chi connectivity index (χ3n) is 2.20. The first kappa shape index (κ1) is 13.9. The Morgan fingerprint density at radius 3 is 2.59 bits per heavy atom. The zero-order chi connectivity index (χ0) is 13.1. The van der Waals surface area contributed by atoms with Crippen LogP contribution in [-0.2, 0) is 4.79 Å². The second-order valence-electron chi connectivity index (χ2n) is 3.42. The minimum Gasteiger partial charge on any atom is -0.481 e. The van der Waals surface area contributed by atoms with Gasteiger partial charge in [0.05, 0.1) is 5.92 Å². The number of alkyl halides is 3. The maximum atomic E-state index is 12.2. The van der Waals surface area contributed by atoms with Crippen molar-refractivity contribution in [2.24, 2.45) is 0 Å². The van der Waals surface area contributed by atoms with Gasteiger partial charge in [0, 0.05) is 4.90 Å². The van der Waals surface area contributed by atoms with Gasteiger partial charge >= 0.3 is 11.5 Å². The van der Waals surface area contributed by atoms with Gasteiger partial charge in [0.1, 0.15) is 0 Å². The van der Waals surface area contributed by atoms with E-state index in [2.05, 4.69) is 0 Å². The predicted molar refractivity (Wildman–Crippen MR) is 59.0 cm³/mol. The van der Waals surface area contributed by atoms with E-state index < -0.39 is 17.4 Å². The molecule has 0 spiro atoms. The molecule has 94 valence electrons. The normalized spacial score (nSPS) is 13.4. The first-order chi connectivity index (χ1) is 7.83. The Kier molecular flexibility index (Phi) is 4.45. The van der Waals surface area contributed by atoms with Crippen LogP contribution in [0.25, 0.3) is 0 Å². The van der Waals surface area contributed by atoms with Crippen LogP contribution in [0.2, 0.25) is 0 Å². The highest BCUT2D eigenvalue weighted by atomic mass is 32.2. The van der Waals surface area contributed by atoms with Gasteiger partial charge in [-0.15, -0.1) is 0 Å². The highest BCUT2D eigenvalue weighted by Crippen LogP contribution is 2.37. The lowest BCUT2D eigenvalue weighted by Crippen LogP contribution is -2.10. The van der Waals surface area contributed by atoms with Gasteiger partial charge in [-0.25, -0.2) is 0 Å². The van der Waals surface area contributed by atoms with Gasteiger partial charge < -0.3 is 5.11 Å². The molecule has 1 unspecified atom stereocenters. The van der Waals surface area contributed by atoms with Crippen LogP contribution >= 0.6 is 11.8 Å². The second-order valence-corrected chi connectivity index (χ2v) is 4.56. The number of carboxylic acid groups (broad SMARTS) is 1. The molecule has 1 rings (SSSR count). The largest absolute Gasteiger partial charge is 0.481 e. The Bertz CT molecular complexity index is 404. The van der Waals surface area contributed by atoms with E-state index in [1.165, 1.54) is 24.3 Å². The molecule has 0 aliphatic heterocycles. The molecule has 0 aromatic heterocycles. The molecule has 0 aliphatic carbocycles. The molecule has 0 amide bonds. The van der Waals surface area contributed by atoms with Crippen molar-refractivity contribution < 1.29 is 23.1 Å². The SMILES string of the molecule is CCC(C(=O)O)c1cccc(SC(F)(F)F)c1. The predicted octanol–water partition coefficient (Wildman–Crippen LogP) is 3.88. The number of thioether (sulfide) groups is 1. The van der Waals surface area contributed by atoms with Crippen LogP contribution in [0.3, 0.4) is 0 Å². The van der Waals surface area contributed by atoms with E-state index in [4.69, 9.17) is 5.11 Å². The number of benzene rings is 1. The van der Waals surface area contributed by atoms with Crippen LogP contribution < -0.4 is 0 Å². The van der Waals surface area contributed by atoms with Gasteiger partial charge in [-0.2, -0.15) is 13.2 Å². The summed E-state index contributed by atoms with van der Waals surface area (Å²) >= 11 is -0.238. The molecule has 1 aromatic rings. The molecule has 2 nitrogen and oxygen atoms in total. The van der Waals surface area contributed by atoms with Crippen LogP contribution in [0.15, 0.2) is 29.2 Å². The first-order valence-corrected chi connectivity index (χ1v) is 5.73. The van der Waals surface area contributed by atoms with E-state index in [1.807, 2.05) is 0 Å². The number of carbonyl (C=O) groups is 1. The van der Waals surface area contributed by atoms with Gasteiger partial charge in [-0.3, -0.25) is 4.79 Å². The van der Waals surface area contributed by atoms with E-state index in [9.17, 15) is 18.0 Å². The van der Waals surface area contributed by atoms with Crippen LogP contribution in [0.4, 0.5) is 13.2 Å². The van der Waals surface area contributed by atoms with Crippen LogP contribution in [0, 0.1) is 0 Å². The van der Waals surface area contributed by atoms with Crippen molar-refractivity contribution in [3.63, 3.8) is 0 Å². The van der Waals surface area contributed by atoms with Crippen molar-refractivity contribution in [3.05, 3.63) is 29.8 Å². The quantitative estimate of drug-likeness (QED) is 0.838. The molecule has 0 bridgehead atoms. The molecule has 1 aromatic carbocycles.